The van der Waals surface area contributed by atoms with Gasteiger partial charge in [-0.3, -0.25) is 16.0 Å². The Balaban J connectivity index is 3.25. The van der Waals surface area contributed by atoms with Gasteiger partial charge < -0.3 is 5.43 Å². The predicted octanol–water partition coefficient (Wildman–Crippen LogP) is 1.55. The minimum absolute atomic E-state index is 0.288. The maximum Gasteiger partial charge on any atom is 0.289 e. The molecule has 0 unspecified atom stereocenters. The van der Waals surface area contributed by atoms with Crippen molar-refractivity contribution in [1.82, 2.24) is 4.31 Å². The van der Waals surface area contributed by atoms with Gasteiger partial charge in [-0.25, -0.2) is 12.7 Å². The number of hydrogen-bond acceptors (Lipinski definition) is 6. The number of nitro groups is 1. The highest BCUT2D eigenvalue weighted by molar-refractivity contribution is 7.89. The Morgan fingerprint density at radius 1 is 1.43 bits per heavy atom. The summed E-state index contributed by atoms with van der Waals surface area (Å²) in [5, 5.41) is 11.0. The van der Waals surface area contributed by atoms with Gasteiger partial charge >= 0.3 is 0 Å². The molecule has 21 heavy (non-hydrogen) atoms. The summed E-state index contributed by atoms with van der Waals surface area (Å²) in [6.45, 7) is 4.24. The fourth-order valence-corrected chi connectivity index (χ4v) is 3.05. The molecule has 0 aliphatic carbocycles. The second-order valence-corrected chi connectivity index (χ2v) is 7.11. The van der Waals surface area contributed by atoms with Crippen molar-refractivity contribution in [3.63, 3.8) is 0 Å². The van der Waals surface area contributed by atoms with Gasteiger partial charge in [-0.05, 0) is 24.5 Å². The summed E-state index contributed by atoms with van der Waals surface area (Å²) in [7, 11) is -2.54. The average molecular weight is 316 g/mol. The third-order valence-corrected chi connectivity index (χ3v) is 4.92. The maximum absolute atomic E-state index is 12.5. The molecule has 0 aromatic heterocycles. The third kappa shape index (κ3) is 4.13. The van der Waals surface area contributed by atoms with Crippen LogP contribution in [0.25, 0.3) is 0 Å². The van der Waals surface area contributed by atoms with E-state index in [1.165, 1.54) is 19.2 Å². The largest absolute Gasteiger partial charge is 0.324 e. The summed E-state index contributed by atoms with van der Waals surface area (Å²) in [6.07, 6.45) is 0.665. The molecule has 1 aromatic carbocycles. The zero-order valence-corrected chi connectivity index (χ0v) is 13.1. The van der Waals surface area contributed by atoms with E-state index in [9.17, 15) is 18.5 Å². The van der Waals surface area contributed by atoms with E-state index in [0.717, 1.165) is 10.4 Å². The van der Waals surface area contributed by atoms with Crippen LogP contribution in [-0.4, -0.2) is 31.2 Å². The zero-order valence-electron chi connectivity index (χ0n) is 12.2. The monoisotopic (exact) mass is 316 g/mol. The molecule has 1 aromatic rings. The van der Waals surface area contributed by atoms with E-state index in [-0.39, 0.29) is 17.1 Å². The molecule has 0 atom stereocenters. The molecular formula is C12H20N4O4S. The van der Waals surface area contributed by atoms with Crippen molar-refractivity contribution in [2.24, 2.45) is 11.8 Å². The van der Waals surface area contributed by atoms with Gasteiger partial charge in [0.15, 0.2) is 4.90 Å². The zero-order chi connectivity index (χ0) is 16.2. The molecule has 0 saturated heterocycles. The van der Waals surface area contributed by atoms with Gasteiger partial charge in [0, 0.05) is 19.7 Å². The summed E-state index contributed by atoms with van der Waals surface area (Å²) in [6, 6.07) is 3.64. The lowest BCUT2D eigenvalue weighted by Crippen LogP contribution is -2.29. The lowest BCUT2D eigenvalue weighted by atomic mass is 10.1. The SMILES string of the molecule is CC(C)CCN(C)S(=O)(=O)c1cc(NN)ccc1[N+](=O)[O-]. The van der Waals surface area contributed by atoms with Crippen LogP contribution in [0.1, 0.15) is 20.3 Å². The fourth-order valence-electron chi connectivity index (χ4n) is 1.69. The van der Waals surface area contributed by atoms with Gasteiger partial charge in [0.2, 0.25) is 10.0 Å². The number of nitrogen functional groups attached to an aromatic ring is 1. The summed E-state index contributed by atoms with van der Waals surface area (Å²) >= 11 is 0. The number of nitrogens with two attached hydrogens (primary N) is 1. The lowest BCUT2D eigenvalue weighted by Gasteiger charge is -2.18. The van der Waals surface area contributed by atoms with E-state index in [4.69, 9.17) is 5.84 Å². The Morgan fingerprint density at radius 3 is 2.52 bits per heavy atom. The number of rotatable bonds is 7. The Kier molecular flexibility index (Phi) is 5.64. The molecule has 1 rings (SSSR count). The van der Waals surface area contributed by atoms with E-state index in [2.05, 4.69) is 5.43 Å². The highest BCUT2D eigenvalue weighted by Gasteiger charge is 2.29. The molecule has 0 amide bonds. The normalized spacial score (nSPS) is 11.9. The molecule has 8 nitrogen and oxygen atoms in total. The van der Waals surface area contributed by atoms with Crippen LogP contribution in [-0.2, 0) is 10.0 Å². The number of hydrazine groups is 1. The predicted molar refractivity (Wildman–Crippen MR) is 80.2 cm³/mol. The molecule has 3 N–H and O–H groups in total. The van der Waals surface area contributed by atoms with Gasteiger partial charge in [0.05, 0.1) is 10.6 Å². The first-order valence-electron chi connectivity index (χ1n) is 6.41. The number of sulfonamides is 1. The summed E-state index contributed by atoms with van der Waals surface area (Å²) in [4.78, 5) is 9.94. The van der Waals surface area contributed by atoms with Crippen LogP contribution in [0.3, 0.4) is 0 Å². The standard InChI is InChI=1S/C12H20N4O4S/c1-9(2)6-7-15(3)21(19,20)12-8-10(14-13)4-5-11(12)16(17)18/h4-5,8-9,14H,6-7,13H2,1-3H3. The summed E-state index contributed by atoms with van der Waals surface area (Å²) in [5.74, 6) is 5.56. The van der Waals surface area contributed by atoms with Crippen molar-refractivity contribution in [2.75, 3.05) is 19.0 Å². The van der Waals surface area contributed by atoms with Crippen LogP contribution >= 0.6 is 0 Å². The van der Waals surface area contributed by atoms with Gasteiger partial charge in [0.1, 0.15) is 0 Å². The van der Waals surface area contributed by atoms with E-state index in [1.807, 2.05) is 13.8 Å². The van der Waals surface area contributed by atoms with Crippen LogP contribution in [0.2, 0.25) is 0 Å². The van der Waals surface area contributed by atoms with Crippen molar-refractivity contribution in [3.05, 3.63) is 28.3 Å². The average Bonchev–Trinajstić information content (AvgIpc) is 2.43. The number of nitrogens with one attached hydrogen (secondary N) is 1. The summed E-state index contributed by atoms with van der Waals surface area (Å²) < 4.78 is 26.1. The number of nitro benzene ring substituents is 1. The Morgan fingerprint density at radius 2 is 2.05 bits per heavy atom. The first-order chi connectivity index (χ1) is 9.70. The molecule has 9 heteroatoms. The molecule has 0 heterocycles. The number of nitrogens with zero attached hydrogens (tertiary/aromatic N) is 2. The molecule has 0 radical (unpaired) electrons. The Hall–Kier alpha value is -1.71. The molecule has 0 aliphatic rings. The van der Waals surface area contributed by atoms with Crippen LogP contribution in [0.5, 0.6) is 0 Å². The van der Waals surface area contributed by atoms with Crippen molar-refractivity contribution in [1.29, 1.82) is 0 Å². The van der Waals surface area contributed by atoms with Crippen molar-refractivity contribution in [3.8, 4) is 0 Å². The van der Waals surface area contributed by atoms with E-state index in [1.54, 1.807) is 0 Å². The number of anilines is 1. The highest BCUT2D eigenvalue weighted by atomic mass is 32.2. The number of benzene rings is 1. The first-order valence-corrected chi connectivity index (χ1v) is 7.85. The van der Waals surface area contributed by atoms with Crippen LogP contribution < -0.4 is 11.3 Å². The van der Waals surface area contributed by atoms with Crippen molar-refractivity contribution < 1.29 is 13.3 Å². The van der Waals surface area contributed by atoms with Gasteiger partial charge in [-0.1, -0.05) is 13.8 Å². The third-order valence-electron chi connectivity index (χ3n) is 3.03. The lowest BCUT2D eigenvalue weighted by molar-refractivity contribution is -0.387. The van der Waals surface area contributed by atoms with E-state index in [0.29, 0.717) is 12.3 Å². The van der Waals surface area contributed by atoms with Gasteiger partial charge in [0.25, 0.3) is 5.69 Å². The number of hydrogen-bond donors (Lipinski definition) is 2. The van der Waals surface area contributed by atoms with Crippen molar-refractivity contribution >= 4 is 21.4 Å². The highest BCUT2D eigenvalue weighted by Crippen LogP contribution is 2.29. The quantitative estimate of drug-likeness (QED) is 0.447. The first kappa shape index (κ1) is 17.3. The van der Waals surface area contributed by atoms with Gasteiger partial charge in [-0.2, -0.15) is 0 Å². The van der Waals surface area contributed by atoms with Crippen LogP contribution in [0.15, 0.2) is 23.1 Å². The van der Waals surface area contributed by atoms with Crippen LogP contribution in [0, 0.1) is 16.0 Å². The molecule has 0 spiro atoms. The second kappa shape index (κ2) is 6.83. The minimum atomic E-state index is -3.95. The van der Waals surface area contributed by atoms with Crippen LogP contribution in [0.4, 0.5) is 11.4 Å². The molecular weight excluding hydrogens is 296 g/mol. The molecule has 0 saturated carbocycles. The molecule has 0 bridgehead atoms. The molecule has 0 aliphatic heterocycles. The fraction of sp³-hybridized carbons (Fsp3) is 0.500. The Bertz CT molecular complexity index is 616. The summed E-state index contributed by atoms with van der Waals surface area (Å²) in [5.41, 5.74) is 2.11. The Labute approximate surface area is 124 Å². The molecule has 0 fully saturated rings. The topological polar surface area (TPSA) is 119 Å². The van der Waals surface area contributed by atoms with E-state index >= 15 is 0 Å². The van der Waals surface area contributed by atoms with E-state index < -0.39 is 20.6 Å². The molecule has 118 valence electrons. The maximum atomic E-state index is 12.5. The van der Waals surface area contributed by atoms with Crippen molar-refractivity contribution in [2.45, 2.75) is 25.2 Å². The second-order valence-electron chi connectivity index (χ2n) is 5.09. The van der Waals surface area contributed by atoms with Gasteiger partial charge in [-0.15, -0.1) is 0 Å². The smallest absolute Gasteiger partial charge is 0.289 e. The minimum Gasteiger partial charge on any atom is -0.324 e.